The van der Waals surface area contributed by atoms with Gasteiger partial charge in [0.15, 0.2) is 0 Å². The molecule has 0 aromatic heterocycles. The fourth-order valence-electron chi connectivity index (χ4n) is 2.69. The van der Waals surface area contributed by atoms with E-state index in [4.69, 9.17) is 0 Å². The van der Waals surface area contributed by atoms with Gasteiger partial charge in [-0.25, -0.2) is 4.39 Å². The molecule has 1 aliphatic rings. The van der Waals surface area contributed by atoms with Crippen LogP contribution in [0.4, 0.5) is 10.1 Å². The maximum atomic E-state index is 13.2. The van der Waals surface area contributed by atoms with Crippen molar-refractivity contribution in [1.29, 1.82) is 0 Å². The third kappa shape index (κ3) is 1.60. The lowest BCUT2D eigenvalue weighted by molar-refractivity contribution is 0.284. The Morgan fingerprint density at radius 1 is 1.38 bits per heavy atom. The summed E-state index contributed by atoms with van der Waals surface area (Å²) in [6, 6.07) is 5.08. The first kappa shape index (κ1) is 11.4. The van der Waals surface area contributed by atoms with Crippen LogP contribution in [0.15, 0.2) is 18.2 Å². The van der Waals surface area contributed by atoms with Gasteiger partial charge < -0.3 is 5.32 Å². The molecule has 88 valence electrons. The van der Waals surface area contributed by atoms with Crippen LogP contribution in [0.2, 0.25) is 0 Å². The summed E-state index contributed by atoms with van der Waals surface area (Å²) in [5.74, 6) is 0.865. The highest BCUT2D eigenvalue weighted by Gasteiger charge is 2.38. The second-order valence-corrected chi connectivity index (χ2v) is 5.20. The van der Waals surface area contributed by atoms with E-state index in [0.717, 1.165) is 12.1 Å². The van der Waals surface area contributed by atoms with Crippen LogP contribution in [0.1, 0.15) is 45.6 Å². The van der Waals surface area contributed by atoms with Crippen molar-refractivity contribution in [3.8, 4) is 0 Å². The second kappa shape index (κ2) is 3.76. The number of benzene rings is 1. The molecule has 0 saturated carbocycles. The zero-order chi connectivity index (χ0) is 11.9. The van der Waals surface area contributed by atoms with E-state index in [1.807, 2.05) is 6.07 Å². The molecule has 1 heterocycles. The van der Waals surface area contributed by atoms with Crippen LogP contribution in [-0.2, 0) is 0 Å². The number of nitrogens with one attached hydrogen (secondary N) is 1. The molecule has 1 nitrogen and oxygen atoms in total. The highest BCUT2D eigenvalue weighted by atomic mass is 19.1. The monoisotopic (exact) mass is 221 g/mol. The van der Waals surface area contributed by atoms with Crippen molar-refractivity contribution in [3.05, 3.63) is 29.6 Å². The van der Waals surface area contributed by atoms with Gasteiger partial charge >= 0.3 is 0 Å². The number of halogens is 1. The van der Waals surface area contributed by atoms with Crippen molar-refractivity contribution in [2.75, 3.05) is 5.32 Å². The van der Waals surface area contributed by atoms with Gasteiger partial charge in [-0.3, -0.25) is 0 Å². The summed E-state index contributed by atoms with van der Waals surface area (Å²) >= 11 is 0. The Labute approximate surface area is 97.1 Å². The Kier molecular flexibility index (Phi) is 2.69. The van der Waals surface area contributed by atoms with Crippen LogP contribution >= 0.6 is 0 Å². The van der Waals surface area contributed by atoms with E-state index < -0.39 is 0 Å². The smallest absolute Gasteiger partial charge is 0.125 e. The summed E-state index contributed by atoms with van der Waals surface area (Å²) < 4.78 is 13.2. The second-order valence-electron chi connectivity index (χ2n) is 5.20. The highest BCUT2D eigenvalue weighted by Crippen LogP contribution is 2.44. The molecule has 1 N–H and O–H groups in total. The highest BCUT2D eigenvalue weighted by molar-refractivity contribution is 5.57. The first-order valence-corrected chi connectivity index (χ1v) is 6.05. The fourth-order valence-corrected chi connectivity index (χ4v) is 2.69. The van der Waals surface area contributed by atoms with Gasteiger partial charge in [-0.05, 0) is 42.9 Å². The lowest BCUT2D eigenvalue weighted by Crippen LogP contribution is -2.46. The van der Waals surface area contributed by atoms with Crippen molar-refractivity contribution in [2.45, 2.75) is 45.6 Å². The molecule has 1 aromatic carbocycles. The van der Waals surface area contributed by atoms with E-state index >= 15 is 0 Å². The van der Waals surface area contributed by atoms with E-state index in [2.05, 4.69) is 33.0 Å². The Hall–Kier alpha value is -1.05. The molecule has 0 radical (unpaired) electrons. The summed E-state index contributed by atoms with van der Waals surface area (Å²) in [5, 5.41) is 3.50. The van der Waals surface area contributed by atoms with Crippen molar-refractivity contribution < 1.29 is 4.39 Å². The molecule has 2 rings (SSSR count). The minimum absolute atomic E-state index is 0.0697. The maximum Gasteiger partial charge on any atom is 0.125 e. The van der Waals surface area contributed by atoms with Crippen molar-refractivity contribution in [3.63, 3.8) is 0 Å². The molecule has 1 aliphatic heterocycles. The van der Waals surface area contributed by atoms with Crippen molar-refractivity contribution in [2.24, 2.45) is 5.92 Å². The molecule has 16 heavy (non-hydrogen) atoms. The summed E-state index contributed by atoms with van der Waals surface area (Å²) in [7, 11) is 0. The van der Waals surface area contributed by atoms with Gasteiger partial charge in [0.2, 0.25) is 0 Å². The summed E-state index contributed by atoms with van der Waals surface area (Å²) in [6.45, 7) is 8.91. The summed E-state index contributed by atoms with van der Waals surface area (Å²) in [6.07, 6.45) is 1.05. The van der Waals surface area contributed by atoms with Crippen LogP contribution in [0, 0.1) is 11.7 Å². The van der Waals surface area contributed by atoms with Gasteiger partial charge in [0.1, 0.15) is 5.82 Å². The summed E-state index contributed by atoms with van der Waals surface area (Å²) in [5.41, 5.74) is 2.27. The minimum atomic E-state index is -0.161. The fraction of sp³-hybridized carbons (Fsp3) is 0.571. The van der Waals surface area contributed by atoms with Crippen LogP contribution < -0.4 is 5.32 Å². The van der Waals surface area contributed by atoms with E-state index in [1.165, 1.54) is 5.56 Å². The molecular weight excluding hydrogens is 201 g/mol. The van der Waals surface area contributed by atoms with Crippen LogP contribution in [-0.4, -0.2) is 5.54 Å². The van der Waals surface area contributed by atoms with Crippen LogP contribution in [0.3, 0.4) is 0 Å². The molecule has 0 saturated heterocycles. The molecule has 2 heteroatoms. The molecule has 0 aliphatic carbocycles. The van der Waals surface area contributed by atoms with E-state index in [9.17, 15) is 4.39 Å². The average molecular weight is 221 g/mol. The quantitative estimate of drug-likeness (QED) is 0.750. The molecule has 3 unspecified atom stereocenters. The van der Waals surface area contributed by atoms with Crippen molar-refractivity contribution >= 4 is 5.69 Å². The van der Waals surface area contributed by atoms with Gasteiger partial charge in [0.25, 0.3) is 0 Å². The number of rotatable bonds is 1. The Bertz CT molecular complexity index is 402. The molecular formula is C14H20FN. The number of hydrogen-bond acceptors (Lipinski definition) is 1. The Balaban J connectivity index is 2.48. The third-order valence-corrected chi connectivity index (χ3v) is 4.42. The van der Waals surface area contributed by atoms with Gasteiger partial charge in [0, 0.05) is 11.2 Å². The van der Waals surface area contributed by atoms with E-state index in [1.54, 1.807) is 12.1 Å². The predicted octanol–water partition coefficient (Wildman–Crippen LogP) is 4.16. The third-order valence-electron chi connectivity index (χ3n) is 4.42. The number of hydrogen-bond donors (Lipinski definition) is 1. The Morgan fingerprint density at radius 3 is 2.69 bits per heavy atom. The zero-order valence-electron chi connectivity index (χ0n) is 10.5. The van der Waals surface area contributed by atoms with Gasteiger partial charge in [-0.2, -0.15) is 0 Å². The standard InChI is InChI=1S/C14H20FN/c1-5-14(4)10(3)9(2)12-7-6-11(15)8-13(12)16-14/h6-10,16H,5H2,1-4H3. The largest absolute Gasteiger partial charge is 0.379 e. The molecule has 3 atom stereocenters. The van der Waals surface area contributed by atoms with E-state index in [0.29, 0.717) is 11.8 Å². The lowest BCUT2D eigenvalue weighted by Gasteiger charge is -2.45. The number of anilines is 1. The van der Waals surface area contributed by atoms with Crippen LogP contribution in [0.25, 0.3) is 0 Å². The van der Waals surface area contributed by atoms with Gasteiger partial charge in [-0.15, -0.1) is 0 Å². The first-order valence-electron chi connectivity index (χ1n) is 6.05. The molecule has 0 bridgehead atoms. The lowest BCUT2D eigenvalue weighted by atomic mass is 9.71. The Morgan fingerprint density at radius 2 is 2.06 bits per heavy atom. The van der Waals surface area contributed by atoms with Crippen molar-refractivity contribution in [1.82, 2.24) is 0 Å². The van der Waals surface area contributed by atoms with Crippen LogP contribution in [0.5, 0.6) is 0 Å². The van der Waals surface area contributed by atoms with Gasteiger partial charge in [0.05, 0.1) is 0 Å². The normalized spacial score (nSPS) is 33.1. The first-order chi connectivity index (χ1) is 7.48. The SMILES string of the molecule is CCC1(C)Nc2cc(F)ccc2C(C)C1C. The molecule has 1 aromatic rings. The van der Waals surface area contributed by atoms with Gasteiger partial charge in [-0.1, -0.05) is 26.8 Å². The predicted molar refractivity (Wildman–Crippen MR) is 66.3 cm³/mol. The van der Waals surface area contributed by atoms with E-state index in [-0.39, 0.29) is 11.4 Å². The minimum Gasteiger partial charge on any atom is -0.379 e. The topological polar surface area (TPSA) is 12.0 Å². The maximum absolute atomic E-state index is 13.2. The summed E-state index contributed by atoms with van der Waals surface area (Å²) in [4.78, 5) is 0. The molecule has 0 fully saturated rings. The molecule has 0 amide bonds. The zero-order valence-corrected chi connectivity index (χ0v) is 10.5. The molecule has 0 spiro atoms. The average Bonchev–Trinajstić information content (AvgIpc) is 2.26. The number of fused-ring (bicyclic) bond motifs is 1.